The Bertz CT molecular complexity index is 301. The third kappa shape index (κ3) is 11.7. The maximum Gasteiger partial charge on any atom is 0.336 e. The SMILES string of the molecule is CC/C=C(\CCCCCC)C(=O)OC(O)COCCOCC. The summed E-state index contributed by atoms with van der Waals surface area (Å²) in [7, 11) is 0. The van der Waals surface area contributed by atoms with E-state index in [2.05, 4.69) is 6.92 Å². The second kappa shape index (κ2) is 15.0. The van der Waals surface area contributed by atoms with Crippen molar-refractivity contribution in [2.45, 2.75) is 65.6 Å². The number of aliphatic hydroxyl groups excluding tert-OH is 1. The first-order valence-corrected chi connectivity index (χ1v) is 8.39. The molecule has 0 aliphatic carbocycles. The van der Waals surface area contributed by atoms with Gasteiger partial charge in [0.15, 0.2) is 0 Å². The highest BCUT2D eigenvalue weighted by atomic mass is 16.7. The molecule has 5 heteroatoms. The number of esters is 1. The van der Waals surface area contributed by atoms with Crippen LogP contribution in [-0.4, -0.2) is 43.8 Å². The standard InChI is InChI=1S/C17H32O5/c1-4-7-8-9-11-15(10-5-2)17(19)22-16(18)14-21-13-12-20-6-3/h10,16,18H,4-9,11-14H2,1-3H3/b15-10+. The minimum Gasteiger partial charge on any atom is -0.430 e. The average molecular weight is 316 g/mol. The maximum atomic E-state index is 12.0. The summed E-state index contributed by atoms with van der Waals surface area (Å²) in [5.74, 6) is -0.445. The van der Waals surface area contributed by atoms with Crippen LogP contribution in [0.25, 0.3) is 0 Å². The van der Waals surface area contributed by atoms with Crippen molar-refractivity contribution in [3.63, 3.8) is 0 Å². The van der Waals surface area contributed by atoms with Gasteiger partial charge in [0, 0.05) is 12.2 Å². The molecule has 0 rings (SSSR count). The van der Waals surface area contributed by atoms with Gasteiger partial charge < -0.3 is 19.3 Å². The van der Waals surface area contributed by atoms with Crippen LogP contribution < -0.4 is 0 Å². The van der Waals surface area contributed by atoms with Gasteiger partial charge in [-0.2, -0.15) is 0 Å². The van der Waals surface area contributed by atoms with Crippen LogP contribution in [0.3, 0.4) is 0 Å². The lowest BCUT2D eigenvalue weighted by Crippen LogP contribution is -2.25. The average Bonchev–Trinajstić information content (AvgIpc) is 2.50. The molecular formula is C17H32O5. The number of unbranched alkanes of at least 4 members (excludes halogenated alkanes) is 3. The van der Waals surface area contributed by atoms with Crippen molar-refractivity contribution in [3.05, 3.63) is 11.6 Å². The van der Waals surface area contributed by atoms with E-state index in [4.69, 9.17) is 14.2 Å². The van der Waals surface area contributed by atoms with E-state index in [1.807, 2.05) is 19.9 Å². The van der Waals surface area contributed by atoms with Gasteiger partial charge in [-0.3, -0.25) is 0 Å². The van der Waals surface area contributed by atoms with Crippen molar-refractivity contribution in [3.8, 4) is 0 Å². The number of allylic oxidation sites excluding steroid dienone is 1. The number of hydrogen-bond donors (Lipinski definition) is 1. The van der Waals surface area contributed by atoms with Crippen molar-refractivity contribution < 1.29 is 24.1 Å². The largest absolute Gasteiger partial charge is 0.430 e. The van der Waals surface area contributed by atoms with Crippen LogP contribution in [0.2, 0.25) is 0 Å². The fraction of sp³-hybridized carbons (Fsp3) is 0.824. The monoisotopic (exact) mass is 316 g/mol. The summed E-state index contributed by atoms with van der Waals surface area (Å²) in [6, 6.07) is 0. The smallest absolute Gasteiger partial charge is 0.336 e. The zero-order valence-electron chi connectivity index (χ0n) is 14.3. The van der Waals surface area contributed by atoms with Crippen molar-refractivity contribution in [2.24, 2.45) is 0 Å². The molecule has 1 unspecified atom stereocenters. The molecule has 0 saturated carbocycles. The van der Waals surface area contributed by atoms with Gasteiger partial charge in [-0.25, -0.2) is 4.79 Å². The Hall–Kier alpha value is -0.910. The molecular weight excluding hydrogens is 284 g/mol. The number of carbonyl (C=O) groups excluding carboxylic acids is 1. The van der Waals surface area contributed by atoms with Crippen molar-refractivity contribution in [1.29, 1.82) is 0 Å². The van der Waals surface area contributed by atoms with E-state index in [1.165, 1.54) is 6.42 Å². The van der Waals surface area contributed by atoms with Crippen molar-refractivity contribution in [1.82, 2.24) is 0 Å². The lowest BCUT2D eigenvalue weighted by molar-refractivity contribution is -0.173. The van der Waals surface area contributed by atoms with Crippen molar-refractivity contribution >= 4 is 5.97 Å². The molecule has 22 heavy (non-hydrogen) atoms. The van der Waals surface area contributed by atoms with Gasteiger partial charge in [-0.05, 0) is 26.2 Å². The van der Waals surface area contributed by atoms with Gasteiger partial charge in [-0.15, -0.1) is 0 Å². The van der Waals surface area contributed by atoms with Crippen molar-refractivity contribution in [2.75, 3.05) is 26.4 Å². The van der Waals surface area contributed by atoms with E-state index >= 15 is 0 Å². The molecule has 0 radical (unpaired) electrons. The number of carbonyl (C=O) groups is 1. The number of aliphatic hydroxyl groups is 1. The molecule has 1 N–H and O–H groups in total. The first-order valence-electron chi connectivity index (χ1n) is 8.39. The van der Waals surface area contributed by atoms with Gasteiger partial charge >= 0.3 is 5.97 Å². The fourth-order valence-electron chi connectivity index (χ4n) is 1.96. The molecule has 0 aromatic heterocycles. The summed E-state index contributed by atoms with van der Waals surface area (Å²) < 4.78 is 15.3. The van der Waals surface area contributed by atoms with Crippen LogP contribution in [-0.2, 0) is 19.0 Å². The summed E-state index contributed by atoms with van der Waals surface area (Å²) >= 11 is 0. The Kier molecular flexibility index (Phi) is 14.4. The zero-order chi connectivity index (χ0) is 16.6. The molecule has 0 bridgehead atoms. The van der Waals surface area contributed by atoms with Gasteiger partial charge in [-0.1, -0.05) is 39.2 Å². The topological polar surface area (TPSA) is 65.0 Å². The molecule has 0 aromatic carbocycles. The Morgan fingerprint density at radius 2 is 1.82 bits per heavy atom. The second-order valence-electron chi connectivity index (χ2n) is 5.08. The molecule has 0 aliphatic heterocycles. The van der Waals surface area contributed by atoms with Crippen LogP contribution in [0, 0.1) is 0 Å². The van der Waals surface area contributed by atoms with Gasteiger partial charge in [0.25, 0.3) is 0 Å². The molecule has 0 saturated heterocycles. The number of rotatable bonds is 14. The van der Waals surface area contributed by atoms with Crippen LogP contribution in [0.5, 0.6) is 0 Å². The number of ether oxygens (including phenoxy) is 3. The second-order valence-corrected chi connectivity index (χ2v) is 5.08. The Morgan fingerprint density at radius 3 is 2.45 bits per heavy atom. The molecule has 1 atom stereocenters. The summed E-state index contributed by atoms with van der Waals surface area (Å²) in [5, 5.41) is 9.67. The molecule has 0 aromatic rings. The molecule has 0 heterocycles. The Balaban J connectivity index is 4.02. The quantitative estimate of drug-likeness (QED) is 0.231. The van der Waals surface area contributed by atoms with Crippen LogP contribution in [0.4, 0.5) is 0 Å². The predicted molar refractivity (Wildman–Crippen MR) is 86.5 cm³/mol. The lowest BCUT2D eigenvalue weighted by atomic mass is 10.1. The Morgan fingerprint density at radius 1 is 1.09 bits per heavy atom. The van der Waals surface area contributed by atoms with E-state index in [0.717, 1.165) is 25.7 Å². The van der Waals surface area contributed by atoms with E-state index in [-0.39, 0.29) is 6.61 Å². The zero-order valence-corrected chi connectivity index (χ0v) is 14.3. The van der Waals surface area contributed by atoms with E-state index in [0.29, 0.717) is 31.8 Å². The van der Waals surface area contributed by atoms with Crippen LogP contribution in [0.15, 0.2) is 11.6 Å². The van der Waals surface area contributed by atoms with Gasteiger partial charge in [0.1, 0.15) is 6.61 Å². The normalized spacial score (nSPS) is 13.2. The highest BCUT2D eigenvalue weighted by Crippen LogP contribution is 2.13. The van der Waals surface area contributed by atoms with Gasteiger partial charge in [0.05, 0.1) is 13.2 Å². The van der Waals surface area contributed by atoms with Crippen LogP contribution >= 0.6 is 0 Å². The van der Waals surface area contributed by atoms with Gasteiger partial charge in [0.2, 0.25) is 6.29 Å². The third-order valence-corrected chi connectivity index (χ3v) is 3.09. The predicted octanol–water partition coefficient (Wildman–Crippen LogP) is 3.21. The minimum absolute atomic E-state index is 0.0337. The van der Waals surface area contributed by atoms with E-state index < -0.39 is 12.3 Å². The third-order valence-electron chi connectivity index (χ3n) is 3.09. The highest BCUT2D eigenvalue weighted by Gasteiger charge is 2.15. The molecule has 5 nitrogen and oxygen atoms in total. The van der Waals surface area contributed by atoms with Crippen LogP contribution in [0.1, 0.15) is 59.3 Å². The summed E-state index contributed by atoms with van der Waals surface area (Å²) in [6.07, 6.45) is 6.52. The first kappa shape index (κ1) is 21.1. The number of hydrogen-bond acceptors (Lipinski definition) is 5. The van der Waals surface area contributed by atoms with E-state index in [9.17, 15) is 9.90 Å². The molecule has 130 valence electrons. The molecule has 0 fully saturated rings. The molecule has 0 spiro atoms. The summed E-state index contributed by atoms with van der Waals surface area (Å²) in [4.78, 5) is 12.0. The Labute approximate surface area is 134 Å². The first-order chi connectivity index (χ1) is 10.7. The lowest BCUT2D eigenvalue weighted by Gasteiger charge is -2.14. The molecule has 0 amide bonds. The van der Waals surface area contributed by atoms with E-state index in [1.54, 1.807) is 0 Å². The summed E-state index contributed by atoms with van der Waals surface area (Å²) in [6.45, 7) is 7.47. The highest BCUT2D eigenvalue weighted by molar-refractivity contribution is 5.88. The summed E-state index contributed by atoms with van der Waals surface area (Å²) in [5.41, 5.74) is 0.645. The maximum absolute atomic E-state index is 12.0. The molecule has 0 aliphatic rings. The fourth-order valence-corrected chi connectivity index (χ4v) is 1.96. The minimum atomic E-state index is -1.23.